The lowest BCUT2D eigenvalue weighted by atomic mass is 10.1. The zero-order chi connectivity index (χ0) is 22.6. The molecular weight excluding hydrogens is 434 g/mol. The Morgan fingerprint density at radius 2 is 1.61 bits per heavy atom. The largest absolute Gasteiger partial charge is 0.347 e. The number of nitrogens with zero attached hydrogens (tertiary/aromatic N) is 1. The molecule has 162 valence electrons. The number of nitrogens with one attached hydrogen (secondary N) is 2. The zero-order valence-corrected chi connectivity index (χ0v) is 19.0. The van der Waals surface area contributed by atoms with Crippen LogP contribution in [0.15, 0.2) is 64.9 Å². The van der Waals surface area contributed by atoms with Gasteiger partial charge in [-0.3, -0.25) is 14.3 Å². The monoisotopic (exact) mass is 457 g/mol. The summed E-state index contributed by atoms with van der Waals surface area (Å²) >= 11 is 1.06. The van der Waals surface area contributed by atoms with Crippen molar-refractivity contribution in [2.45, 2.75) is 18.4 Å². The second-order valence-corrected chi connectivity index (χ2v) is 9.73. The Hall–Kier alpha value is -3.17. The van der Waals surface area contributed by atoms with Crippen LogP contribution in [0.1, 0.15) is 31.2 Å². The van der Waals surface area contributed by atoms with E-state index >= 15 is 0 Å². The third-order valence-electron chi connectivity index (χ3n) is 4.49. The van der Waals surface area contributed by atoms with Crippen molar-refractivity contribution in [1.29, 1.82) is 0 Å². The van der Waals surface area contributed by atoms with Gasteiger partial charge in [0.25, 0.3) is 21.8 Å². The van der Waals surface area contributed by atoms with Crippen molar-refractivity contribution in [2.24, 2.45) is 0 Å². The fraction of sp³-hybridized carbons (Fsp3) is 0.182. The van der Waals surface area contributed by atoms with E-state index in [0.29, 0.717) is 11.3 Å². The minimum absolute atomic E-state index is 0.0671. The lowest BCUT2D eigenvalue weighted by Gasteiger charge is -2.11. The maximum Gasteiger partial charge on any atom is 0.263 e. The van der Waals surface area contributed by atoms with Crippen LogP contribution in [0, 0.1) is 6.92 Å². The predicted octanol–water partition coefficient (Wildman–Crippen LogP) is 3.49. The third kappa shape index (κ3) is 5.50. The molecule has 0 spiro atoms. The molecule has 0 fully saturated rings. The standard InChI is InChI=1S/C22H23N3O4S2/c1-15-4-10-18(11-5-15)24-31(28,29)19-12-13-30-20(19)21(26)23-14-16-6-8-17(9-7-16)22(27)25(2)3/h4-13,24H,14H2,1-3H3,(H,23,26). The van der Waals surface area contributed by atoms with E-state index in [0.717, 1.165) is 22.5 Å². The van der Waals surface area contributed by atoms with Gasteiger partial charge in [-0.25, -0.2) is 8.42 Å². The van der Waals surface area contributed by atoms with Gasteiger partial charge in [0.2, 0.25) is 0 Å². The summed E-state index contributed by atoms with van der Waals surface area (Å²) < 4.78 is 28.1. The van der Waals surface area contributed by atoms with E-state index < -0.39 is 15.9 Å². The summed E-state index contributed by atoms with van der Waals surface area (Å²) in [5.41, 5.74) is 2.78. The number of rotatable bonds is 7. The van der Waals surface area contributed by atoms with Crippen molar-refractivity contribution in [3.05, 3.63) is 81.5 Å². The van der Waals surface area contributed by atoms with E-state index in [9.17, 15) is 18.0 Å². The average Bonchev–Trinajstić information content (AvgIpc) is 3.24. The molecule has 0 aliphatic rings. The summed E-state index contributed by atoms with van der Waals surface area (Å²) in [6, 6.07) is 15.2. The van der Waals surface area contributed by atoms with Gasteiger partial charge in [-0.1, -0.05) is 29.8 Å². The molecule has 3 aromatic rings. The third-order valence-corrected chi connectivity index (χ3v) is 6.95. The topological polar surface area (TPSA) is 95.6 Å². The summed E-state index contributed by atoms with van der Waals surface area (Å²) in [5, 5.41) is 4.31. The first-order chi connectivity index (χ1) is 14.7. The number of benzene rings is 2. The number of carbonyl (C=O) groups excluding carboxylic acids is 2. The van der Waals surface area contributed by atoms with Gasteiger partial charge in [-0.15, -0.1) is 11.3 Å². The zero-order valence-electron chi connectivity index (χ0n) is 17.4. The molecule has 0 aliphatic carbocycles. The lowest BCUT2D eigenvalue weighted by Crippen LogP contribution is -2.25. The van der Waals surface area contributed by atoms with E-state index in [1.165, 1.54) is 11.0 Å². The van der Waals surface area contributed by atoms with Crippen molar-refractivity contribution in [3.8, 4) is 0 Å². The van der Waals surface area contributed by atoms with Gasteiger partial charge in [-0.2, -0.15) is 0 Å². The highest BCUT2D eigenvalue weighted by molar-refractivity contribution is 7.93. The van der Waals surface area contributed by atoms with Crippen molar-refractivity contribution in [3.63, 3.8) is 0 Å². The average molecular weight is 458 g/mol. The van der Waals surface area contributed by atoms with Crippen molar-refractivity contribution in [2.75, 3.05) is 18.8 Å². The number of hydrogen-bond acceptors (Lipinski definition) is 5. The van der Waals surface area contributed by atoms with Crippen LogP contribution in [-0.4, -0.2) is 39.2 Å². The molecule has 2 aromatic carbocycles. The molecule has 0 bridgehead atoms. The Balaban J connectivity index is 1.69. The highest BCUT2D eigenvalue weighted by Gasteiger charge is 2.24. The summed E-state index contributed by atoms with van der Waals surface area (Å²) in [4.78, 5) is 26.1. The van der Waals surface area contributed by atoms with E-state index in [-0.39, 0.29) is 22.2 Å². The SMILES string of the molecule is Cc1ccc(NS(=O)(=O)c2ccsc2C(=O)NCc2ccc(C(=O)N(C)C)cc2)cc1. The van der Waals surface area contributed by atoms with Gasteiger partial charge in [-0.05, 0) is 48.2 Å². The van der Waals surface area contributed by atoms with Crippen LogP contribution in [0.5, 0.6) is 0 Å². The van der Waals surface area contributed by atoms with Crippen molar-refractivity contribution >= 4 is 38.9 Å². The molecule has 2 N–H and O–H groups in total. The Labute approximate surface area is 185 Å². The van der Waals surface area contributed by atoms with Crippen LogP contribution in [0.25, 0.3) is 0 Å². The molecule has 1 aromatic heterocycles. The summed E-state index contributed by atoms with van der Waals surface area (Å²) in [5.74, 6) is -0.585. The van der Waals surface area contributed by atoms with Crippen LogP contribution in [0.2, 0.25) is 0 Å². The normalized spacial score (nSPS) is 11.1. The van der Waals surface area contributed by atoms with Crippen LogP contribution in [-0.2, 0) is 16.6 Å². The Morgan fingerprint density at radius 3 is 2.23 bits per heavy atom. The second kappa shape index (κ2) is 9.32. The maximum absolute atomic E-state index is 12.8. The number of thiophene rings is 1. The smallest absolute Gasteiger partial charge is 0.263 e. The van der Waals surface area contributed by atoms with Crippen LogP contribution in [0.4, 0.5) is 5.69 Å². The summed E-state index contributed by atoms with van der Waals surface area (Å²) in [6.45, 7) is 2.12. The molecule has 3 rings (SSSR count). The van der Waals surface area contributed by atoms with Crippen molar-refractivity contribution in [1.82, 2.24) is 10.2 Å². The molecular formula is C22H23N3O4S2. The molecule has 1 heterocycles. The lowest BCUT2D eigenvalue weighted by molar-refractivity contribution is 0.0827. The van der Waals surface area contributed by atoms with E-state index in [1.54, 1.807) is 68.0 Å². The molecule has 2 amide bonds. The quantitative estimate of drug-likeness (QED) is 0.568. The molecule has 0 radical (unpaired) electrons. The van der Waals surface area contributed by atoms with Crippen LogP contribution in [0.3, 0.4) is 0 Å². The first-order valence-corrected chi connectivity index (χ1v) is 11.8. The molecule has 0 aliphatic heterocycles. The minimum atomic E-state index is -3.91. The minimum Gasteiger partial charge on any atom is -0.347 e. The van der Waals surface area contributed by atoms with Gasteiger partial charge in [0.1, 0.15) is 9.77 Å². The van der Waals surface area contributed by atoms with Crippen LogP contribution < -0.4 is 10.0 Å². The van der Waals surface area contributed by atoms with Crippen molar-refractivity contribution < 1.29 is 18.0 Å². The van der Waals surface area contributed by atoms with E-state index in [1.807, 2.05) is 6.92 Å². The maximum atomic E-state index is 12.8. The van der Waals surface area contributed by atoms with Gasteiger partial charge < -0.3 is 10.2 Å². The first-order valence-electron chi connectivity index (χ1n) is 9.43. The number of amides is 2. The van der Waals surface area contributed by atoms with Gasteiger partial charge in [0, 0.05) is 31.9 Å². The highest BCUT2D eigenvalue weighted by Crippen LogP contribution is 2.24. The number of sulfonamides is 1. The van der Waals surface area contributed by atoms with Crippen LogP contribution >= 0.6 is 11.3 Å². The van der Waals surface area contributed by atoms with E-state index in [2.05, 4.69) is 10.0 Å². The Bertz CT molecular complexity index is 1180. The Morgan fingerprint density at radius 1 is 0.968 bits per heavy atom. The molecule has 0 unspecified atom stereocenters. The summed E-state index contributed by atoms with van der Waals surface area (Å²) in [6.07, 6.45) is 0. The molecule has 31 heavy (non-hydrogen) atoms. The summed E-state index contributed by atoms with van der Waals surface area (Å²) in [7, 11) is -0.553. The van der Waals surface area contributed by atoms with E-state index in [4.69, 9.17) is 0 Å². The second-order valence-electron chi connectivity index (χ2n) is 7.16. The molecule has 0 saturated heterocycles. The highest BCUT2D eigenvalue weighted by atomic mass is 32.2. The molecule has 0 saturated carbocycles. The van der Waals surface area contributed by atoms with Gasteiger partial charge >= 0.3 is 0 Å². The van der Waals surface area contributed by atoms with Gasteiger partial charge in [0.05, 0.1) is 0 Å². The first kappa shape index (κ1) is 22.5. The number of aryl methyl sites for hydroxylation is 1. The molecule has 7 nitrogen and oxygen atoms in total. The predicted molar refractivity (Wildman–Crippen MR) is 122 cm³/mol. The molecule has 0 atom stereocenters. The number of carbonyl (C=O) groups is 2. The fourth-order valence-corrected chi connectivity index (χ4v) is 5.20. The Kier molecular flexibility index (Phi) is 6.77. The number of hydrogen-bond donors (Lipinski definition) is 2. The fourth-order valence-electron chi connectivity index (χ4n) is 2.79. The molecule has 9 heteroatoms. The number of anilines is 1. The van der Waals surface area contributed by atoms with Gasteiger partial charge in [0.15, 0.2) is 0 Å².